The molecule has 0 unspecified atom stereocenters. The second-order valence-corrected chi connectivity index (χ2v) is 5.39. The van der Waals surface area contributed by atoms with Gasteiger partial charge in [0.15, 0.2) is 0 Å². The predicted octanol–water partition coefficient (Wildman–Crippen LogP) is 2.99. The van der Waals surface area contributed by atoms with E-state index in [1.165, 1.54) is 36.5 Å². The number of rotatable bonds is 4. The molecule has 2 rings (SSSR count). The summed E-state index contributed by atoms with van der Waals surface area (Å²) < 4.78 is 0. The molecule has 0 aliphatic carbocycles. The van der Waals surface area contributed by atoms with Crippen LogP contribution in [0, 0.1) is 10.1 Å². The van der Waals surface area contributed by atoms with Crippen molar-refractivity contribution in [3.05, 3.63) is 68.2 Å². The molecule has 0 aliphatic rings. The molecule has 2 N–H and O–H groups in total. The molecule has 25 heavy (non-hydrogen) atoms. The van der Waals surface area contributed by atoms with E-state index in [1.807, 2.05) is 5.43 Å². The highest BCUT2D eigenvalue weighted by Crippen LogP contribution is 2.29. The molecular formula is C15H10Cl2N4O4. The minimum Gasteiger partial charge on any atom is -0.316 e. The molecule has 2 amide bonds. The van der Waals surface area contributed by atoms with Crippen LogP contribution >= 0.6 is 23.2 Å². The van der Waals surface area contributed by atoms with Crippen molar-refractivity contribution in [3.8, 4) is 0 Å². The number of carbonyl (C=O) groups excluding carboxylic acids is 2. The summed E-state index contributed by atoms with van der Waals surface area (Å²) >= 11 is 11.7. The Morgan fingerprint density at radius 2 is 1.84 bits per heavy atom. The van der Waals surface area contributed by atoms with E-state index in [0.717, 1.165) is 0 Å². The summed E-state index contributed by atoms with van der Waals surface area (Å²) in [6.07, 6.45) is 1.17. The van der Waals surface area contributed by atoms with Crippen molar-refractivity contribution in [2.24, 2.45) is 5.10 Å². The molecule has 0 bridgehead atoms. The van der Waals surface area contributed by atoms with Gasteiger partial charge < -0.3 is 5.32 Å². The quantitative estimate of drug-likeness (QED) is 0.367. The number of benzene rings is 2. The molecule has 0 atom stereocenters. The van der Waals surface area contributed by atoms with Crippen LogP contribution in [-0.2, 0) is 9.59 Å². The van der Waals surface area contributed by atoms with E-state index in [-0.39, 0.29) is 21.4 Å². The molecular weight excluding hydrogens is 371 g/mol. The molecule has 0 fully saturated rings. The standard InChI is InChI=1S/C15H10Cl2N4O4/c16-11-5-2-6-12(13(11)17)19-14(22)15(23)20-18-8-9-3-1-4-10(7-9)21(24)25/h1-8H,(H,19,22)(H,20,23)/b18-8+. The molecule has 2 aromatic rings. The van der Waals surface area contributed by atoms with Crippen molar-refractivity contribution in [2.45, 2.75) is 0 Å². The van der Waals surface area contributed by atoms with Crippen LogP contribution in [0.25, 0.3) is 0 Å². The summed E-state index contributed by atoms with van der Waals surface area (Å²) in [5.74, 6) is -2.04. The minimum absolute atomic E-state index is 0.102. The molecule has 0 aromatic heterocycles. The maximum absolute atomic E-state index is 11.8. The zero-order chi connectivity index (χ0) is 18.4. The fraction of sp³-hybridized carbons (Fsp3) is 0. The highest BCUT2D eigenvalue weighted by atomic mass is 35.5. The van der Waals surface area contributed by atoms with Crippen molar-refractivity contribution in [3.63, 3.8) is 0 Å². The Morgan fingerprint density at radius 3 is 2.56 bits per heavy atom. The van der Waals surface area contributed by atoms with E-state index < -0.39 is 16.7 Å². The maximum atomic E-state index is 11.8. The summed E-state index contributed by atoms with van der Waals surface area (Å²) in [7, 11) is 0. The lowest BCUT2D eigenvalue weighted by Gasteiger charge is -2.06. The van der Waals surface area contributed by atoms with Crippen molar-refractivity contribution < 1.29 is 14.5 Å². The zero-order valence-electron chi connectivity index (χ0n) is 12.4. The SMILES string of the molecule is O=C(N/N=C/c1cccc([N+](=O)[O-])c1)C(=O)Nc1cccc(Cl)c1Cl. The van der Waals surface area contributed by atoms with Gasteiger partial charge in [-0.15, -0.1) is 0 Å². The number of nitrogens with one attached hydrogen (secondary N) is 2. The third-order valence-electron chi connectivity index (χ3n) is 2.87. The lowest BCUT2D eigenvalue weighted by Crippen LogP contribution is -2.32. The Hall–Kier alpha value is -2.97. The number of nitro benzene ring substituents is 1. The van der Waals surface area contributed by atoms with Crippen LogP contribution in [0.5, 0.6) is 0 Å². The van der Waals surface area contributed by atoms with Crippen LogP contribution in [0.1, 0.15) is 5.56 Å². The molecule has 0 heterocycles. The number of hydrazone groups is 1. The second-order valence-electron chi connectivity index (χ2n) is 4.61. The molecule has 0 saturated carbocycles. The van der Waals surface area contributed by atoms with Crippen molar-refractivity contribution in [1.29, 1.82) is 0 Å². The lowest BCUT2D eigenvalue weighted by molar-refractivity contribution is -0.384. The Kier molecular flexibility index (Phi) is 6.04. The van der Waals surface area contributed by atoms with E-state index in [4.69, 9.17) is 23.2 Å². The Balaban J connectivity index is 1.97. The number of anilines is 1. The summed E-state index contributed by atoms with van der Waals surface area (Å²) in [5, 5.41) is 16.9. The maximum Gasteiger partial charge on any atom is 0.329 e. The van der Waals surface area contributed by atoms with Crippen LogP contribution in [0.2, 0.25) is 10.0 Å². The monoisotopic (exact) mass is 380 g/mol. The first-order valence-corrected chi connectivity index (χ1v) is 7.47. The summed E-state index contributed by atoms with van der Waals surface area (Å²) in [5.41, 5.74) is 2.44. The fourth-order valence-electron chi connectivity index (χ4n) is 1.71. The Labute approximate surface area is 151 Å². The highest BCUT2D eigenvalue weighted by molar-refractivity contribution is 6.45. The third-order valence-corrected chi connectivity index (χ3v) is 3.69. The van der Waals surface area contributed by atoms with Crippen LogP contribution in [0.15, 0.2) is 47.6 Å². The van der Waals surface area contributed by atoms with Gasteiger partial charge in [-0.25, -0.2) is 5.43 Å². The van der Waals surface area contributed by atoms with E-state index in [9.17, 15) is 19.7 Å². The number of carbonyl (C=O) groups is 2. The molecule has 128 valence electrons. The molecule has 0 spiro atoms. The number of hydrogen-bond donors (Lipinski definition) is 2. The topological polar surface area (TPSA) is 114 Å². The minimum atomic E-state index is -1.04. The number of hydrogen-bond acceptors (Lipinski definition) is 5. The van der Waals surface area contributed by atoms with Gasteiger partial charge in [-0.05, 0) is 12.1 Å². The largest absolute Gasteiger partial charge is 0.329 e. The molecule has 0 aliphatic heterocycles. The second kappa shape index (κ2) is 8.22. The number of nitro groups is 1. The van der Waals surface area contributed by atoms with Crippen LogP contribution < -0.4 is 10.7 Å². The van der Waals surface area contributed by atoms with E-state index >= 15 is 0 Å². The number of amides is 2. The van der Waals surface area contributed by atoms with Gasteiger partial charge >= 0.3 is 11.8 Å². The number of nitrogens with zero attached hydrogens (tertiary/aromatic N) is 2. The van der Waals surface area contributed by atoms with Crippen molar-refractivity contribution in [2.75, 3.05) is 5.32 Å². The summed E-state index contributed by atoms with van der Waals surface area (Å²) in [6.45, 7) is 0. The first-order valence-electron chi connectivity index (χ1n) is 6.71. The average molecular weight is 381 g/mol. The van der Waals surface area contributed by atoms with Crippen LogP contribution in [0.4, 0.5) is 11.4 Å². The zero-order valence-corrected chi connectivity index (χ0v) is 13.9. The predicted molar refractivity (Wildman–Crippen MR) is 93.9 cm³/mol. The fourth-order valence-corrected chi connectivity index (χ4v) is 2.06. The van der Waals surface area contributed by atoms with Gasteiger partial charge in [0, 0.05) is 17.7 Å². The van der Waals surface area contributed by atoms with Crippen LogP contribution in [-0.4, -0.2) is 23.0 Å². The van der Waals surface area contributed by atoms with Gasteiger partial charge in [-0.3, -0.25) is 19.7 Å². The normalized spacial score (nSPS) is 10.5. The summed E-state index contributed by atoms with van der Waals surface area (Å²) in [4.78, 5) is 33.6. The number of halogens is 2. The van der Waals surface area contributed by atoms with Gasteiger partial charge in [0.1, 0.15) is 0 Å². The van der Waals surface area contributed by atoms with Gasteiger partial charge in [-0.1, -0.05) is 41.4 Å². The van der Waals surface area contributed by atoms with Gasteiger partial charge in [0.2, 0.25) is 0 Å². The molecule has 0 radical (unpaired) electrons. The smallest absolute Gasteiger partial charge is 0.316 e. The molecule has 0 saturated heterocycles. The van der Waals surface area contributed by atoms with Gasteiger partial charge in [0.05, 0.1) is 26.9 Å². The summed E-state index contributed by atoms with van der Waals surface area (Å²) in [6, 6.07) is 10.2. The number of non-ortho nitro benzene ring substituents is 1. The molecule has 10 heteroatoms. The average Bonchev–Trinajstić information content (AvgIpc) is 2.59. The molecule has 8 nitrogen and oxygen atoms in total. The molecule has 2 aromatic carbocycles. The van der Waals surface area contributed by atoms with Gasteiger partial charge in [-0.2, -0.15) is 5.10 Å². The Bertz CT molecular complexity index is 870. The van der Waals surface area contributed by atoms with Crippen LogP contribution in [0.3, 0.4) is 0 Å². The van der Waals surface area contributed by atoms with Crippen molar-refractivity contribution >= 4 is 52.6 Å². The Morgan fingerprint density at radius 1 is 1.12 bits per heavy atom. The highest BCUT2D eigenvalue weighted by Gasteiger charge is 2.15. The first kappa shape index (κ1) is 18.4. The first-order chi connectivity index (χ1) is 11.9. The lowest BCUT2D eigenvalue weighted by atomic mass is 10.2. The third kappa shape index (κ3) is 5.00. The van der Waals surface area contributed by atoms with Crippen molar-refractivity contribution in [1.82, 2.24) is 5.43 Å². The van der Waals surface area contributed by atoms with E-state index in [0.29, 0.717) is 5.56 Å². The van der Waals surface area contributed by atoms with E-state index in [2.05, 4.69) is 10.4 Å². The van der Waals surface area contributed by atoms with E-state index in [1.54, 1.807) is 12.1 Å². The van der Waals surface area contributed by atoms with Gasteiger partial charge in [0.25, 0.3) is 5.69 Å².